The summed E-state index contributed by atoms with van der Waals surface area (Å²) in [7, 11) is 1.37. The fraction of sp³-hybridized carbons (Fsp3) is 0.417. The molecule has 28 atom stereocenters. The number of benzene rings is 7. The smallest absolute Gasteiger partial charge is 0.330 e. The number of aliphatic carboxylic acids is 1. The quantitative estimate of drug-likeness (QED) is 0.0477. The molecule has 126 heavy (non-hydrogen) atoms. The van der Waals surface area contributed by atoms with E-state index in [4.69, 9.17) is 75.2 Å². The van der Waals surface area contributed by atoms with Crippen LogP contribution in [0, 0.1) is 0 Å². The molecule has 9 heterocycles. The standard InChI is InChI=1S/C84H93ClN8O33/c1-31-62(99)66(103)69(106)82(118-31)126-74-68(105)65(102)53(30-95)123-84(74)125-73-50-24-38-25-51(73)120-48-20-14-37(23-44(48)85)72(124-54-28-45(86)71(116-3)32(2)117-54)61-80(113)91-59(81(114)115)43-26-40(97)27-49(121-83-70(107)67(104)64(101)52(29-94)122-83)55(43)42-22-36(13-19-47(42)98)57(77(110)93-61)90-78(111)58(38)89-75(108)46(21-33-7-5-4-6-8-33)88-79(112)60(63(100)35-11-17-41(119-50)18-12-35)92-76(109)56(87)34-9-15-39(96)16-10-34/h4-20,22-27,31-32,45-46,52-54,56-72,74,82-84,94-107H,21,28-30,86-87H2,1-3H3,(H,88,112)(H,89,108)(H,90,111)(H,91,113)(H,92,109)(H,93,110)(H,114,115). The fourth-order valence-electron chi connectivity index (χ4n) is 15.9. The van der Waals surface area contributed by atoms with Crippen molar-refractivity contribution in [2.75, 3.05) is 20.3 Å². The SMILES string of the molecule is COC1C(N)CC(OC2c3ccc(c(Cl)c3)Oc3cc4cc(c3OC3OC(CO)C(O)C(O)C3OC3OC(C)C(O)C(O)C3O)Oc3ccc(cc3)C(O)C(NC(=O)C(N)c3ccc(O)cc3)C(=O)NC(Cc3ccccc3)C(=O)NC4C(=O)NC3C(=O)NC2C(=O)NC(C(=O)O)c2cc(O)cc(OC4OC(CO)C(O)C(O)C4O)c2-c2cc3ccc2O)OC1C. The predicted molar refractivity (Wildman–Crippen MR) is 427 cm³/mol. The maximum atomic E-state index is 16.8. The summed E-state index contributed by atoms with van der Waals surface area (Å²) in [6, 6.07) is 12.4. The summed E-state index contributed by atoms with van der Waals surface area (Å²) in [5.41, 5.74) is 10.6. The molecule has 9 aliphatic rings. The predicted octanol–water partition coefficient (Wildman–Crippen LogP) is -1.82. The largest absolute Gasteiger partial charge is 0.508 e. The van der Waals surface area contributed by atoms with Crippen molar-refractivity contribution in [1.29, 1.82) is 0 Å². The van der Waals surface area contributed by atoms with E-state index in [-0.39, 0.29) is 34.6 Å². The van der Waals surface area contributed by atoms with Crippen molar-refractivity contribution in [1.82, 2.24) is 31.9 Å². The summed E-state index contributed by atoms with van der Waals surface area (Å²) in [5.74, 6) is -15.1. The number of rotatable bonds is 17. The number of hydrogen-bond donors (Lipinski definition) is 23. The number of aliphatic hydroxyl groups excluding tert-OH is 11. The van der Waals surface area contributed by atoms with Gasteiger partial charge in [0.1, 0.15) is 144 Å². The molecule has 9 aliphatic heterocycles. The van der Waals surface area contributed by atoms with E-state index in [1.165, 1.54) is 74.7 Å². The number of methoxy groups -OCH3 is 1. The normalized spacial score (nSPS) is 32.6. The molecule has 0 aliphatic carbocycles. The molecule has 11 bridgehead atoms. The van der Waals surface area contributed by atoms with Gasteiger partial charge in [-0.1, -0.05) is 78.3 Å². The summed E-state index contributed by atoms with van der Waals surface area (Å²) in [5, 5.41) is 184. The first kappa shape index (κ1) is 91.1. The number of carboxylic acid groups (broad SMARTS) is 1. The zero-order valence-electron chi connectivity index (χ0n) is 66.9. The highest BCUT2D eigenvalue weighted by molar-refractivity contribution is 6.32. The molecular weight excluding hydrogens is 1680 g/mol. The molecule has 28 unspecified atom stereocenters. The Morgan fingerprint density at radius 2 is 1.19 bits per heavy atom. The average Bonchev–Trinajstić information content (AvgIpc) is 0.753. The van der Waals surface area contributed by atoms with Crippen molar-refractivity contribution in [3.63, 3.8) is 0 Å². The Balaban J connectivity index is 1.01. The number of aliphatic hydroxyl groups is 11. The van der Waals surface area contributed by atoms with Crippen LogP contribution in [0.5, 0.6) is 51.7 Å². The van der Waals surface area contributed by atoms with E-state index >= 15 is 24.0 Å². The van der Waals surface area contributed by atoms with E-state index in [2.05, 4.69) is 31.9 Å². The van der Waals surface area contributed by atoms with Crippen LogP contribution < -0.4 is 62.3 Å². The summed E-state index contributed by atoms with van der Waals surface area (Å²) in [6.45, 7) is 0.844. The number of carbonyl (C=O) groups is 7. The molecule has 7 aromatic rings. The fourth-order valence-corrected chi connectivity index (χ4v) is 16.2. The van der Waals surface area contributed by atoms with Crippen LogP contribution in [0.25, 0.3) is 11.1 Å². The summed E-state index contributed by atoms with van der Waals surface area (Å²) in [4.78, 5) is 110. The van der Waals surface area contributed by atoms with Gasteiger partial charge in [-0.2, -0.15) is 0 Å². The Labute approximate surface area is 720 Å². The van der Waals surface area contributed by atoms with Crippen LogP contribution in [0.3, 0.4) is 0 Å². The Morgan fingerprint density at radius 1 is 0.563 bits per heavy atom. The second kappa shape index (κ2) is 38.2. The molecule has 16 rings (SSSR count). The van der Waals surface area contributed by atoms with Gasteiger partial charge in [0.2, 0.25) is 53.8 Å². The number of ether oxygens (including phenoxy) is 11. The van der Waals surface area contributed by atoms with Gasteiger partial charge in [-0.25, -0.2) is 4.79 Å². The molecule has 41 nitrogen and oxygen atoms in total. The van der Waals surface area contributed by atoms with Crippen LogP contribution in [-0.4, -0.2) is 273 Å². The second-order valence-electron chi connectivity index (χ2n) is 31.2. The summed E-state index contributed by atoms with van der Waals surface area (Å²) >= 11 is 7.44. The number of fused-ring (bicyclic) bond motifs is 15. The molecule has 0 spiro atoms. The number of phenolic OH excluding ortho intramolecular Hbond substituents is 3. The molecule has 42 heteroatoms. The van der Waals surface area contributed by atoms with Gasteiger partial charge in [0.25, 0.3) is 0 Å². The van der Waals surface area contributed by atoms with Crippen LogP contribution >= 0.6 is 11.6 Å². The lowest BCUT2D eigenvalue weighted by Gasteiger charge is -2.45. The Morgan fingerprint density at radius 3 is 1.86 bits per heavy atom. The van der Waals surface area contributed by atoms with E-state index in [1.807, 2.05) is 0 Å². The van der Waals surface area contributed by atoms with Gasteiger partial charge >= 0.3 is 5.97 Å². The molecule has 0 aromatic heterocycles. The Bertz CT molecular complexity index is 5150. The van der Waals surface area contributed by atoms with Crippen LogP contribution in [0.1, 0.15) is 95.6 Å². The number of phenols is 3. The molecule has 0 radical (unpaired) electrons. The number of aromatic hydroxyl groups is 3. The second-order valence-corrected chi connectivity index (χ2v) is 31.7. The van der Waals surface area contributed by atoms with Gasteiger partial charge in [0.15, 0.2) is 36.2 Å². The number of amides is 6. The third-order valence-electron chi connectivity index (χ3n) is 22.8. The average molecular weight is 1780 g/mol. The highest BCUT2D eigenvalue weighted by Gasteiger charge is 2.53. The number of carboxylic acids is 1. The first-order valence-corrected chi connectivity index (χ1v) is 40.1. The van der Waals surface area contributed by atoms with Crippen molar-refractivity contribution < 1.29 is 162 Å². The minimum absolute atomic E-state index is 0.110. The van der Waals surface area contributed by atoms with Gasteiger partial charge in [0.05, 0.1) is 36.5 Å². The molecule has 25 N–H and O–H groups in total. The van der Waals surface area contributed by atoms with Crippen molar-refractivity contribution in [2.24, 2.45) is 11.5 Å². The molecule has 6 amide bonds. The Kier molecular flexibility index (Phi) is 27.7. The lowest BCUT2D eigenvalue weighted by Crippen LogP contribution is -2.64. The minimum atomic E-state index is -2.44. The number of carbonyl (C=O) groups excluding carboxylic acids is 6. The number of nitrogens with two attached hydrogens (primary N) is 2. The molecular formula is C84H93ClN8O33. The van der Waals surface area contributed by atoms with E-state index in [0.717, 1.165) is 48.5 Å². The third kappa shape index (κ3) is 19.0. The topological polar surface area (TPSA) is 649 Å². The van der Waals surface area contributed by atoms with Gasteiger partial charge in [-0.05, 0) is 114 Å². The van der Waals surface area contributed by atoms with E-state index in [1.54, 1.807) is 37.3 Å². The van der Waals surface area contributed by atoms with E-state index in [9.17, 15) is 86.2 Å². The molecule has 674 valence electrons. The van der Waals surface area contributed by atoms with Gasteiger partial charge in [-0.15, -0.1) is 0 Å². The molecule has 4 saturated heterocycles. The highest BCUT2D eigenvalue weighted by Crippen LogP contribution is 2.50. The van der Waals surface area contributed by atoms with Crippen LogP contribution in [0.2, 0.25) is 5.02 Å². The Hall–Kier alpha value is -11.1. The van der Waals surface area contributed by atoms with Crippen LogP contribution in [0.4, 0.5) is 0 Å². The van der Waals surface area contributed by atoms with Gasteiger partial charge in [0, 0.05) is 48.8 Å². The maximum Gasteiger partial charge on any atom is 0.330 e. The molecule has 0 saturated carbocycles. The first-order chi connectivity index (χ1) is 60.1. The van der Waals surface area contributed by atoms with Crippen LogP contribution in [0.15, 0.2) is 140 Å². The summed E-state index contributed by atoms with van der Waals surface area (Å²) in [6.07, 6.45) is -37.5. The summed E-state index contributed by atoms with van der Waals surface area (Å²) < 4.78 is 69.1. The molecule has 4 fully saturated rings. The number of nitrogens with one attached hydrogen (secondary N) is 6. The lowest BCUT2D eigenvalue weighted by molar-refractivity contribution is -0.354. The zero-order valence-corrected chi connectivity index (χ0v) is 67.6. The zero-order chi connectivity index (χ0) is 90.3. The highest BCUT2D eigenvalue weighted by atomic mass is 35.5. The maximum absolute atomic E-state index is 16.8. The third-order valence-corrected chi connectivity index (χ3v) is 23.1. The molecule has 7 aromatic carbocycles. The van der Waals surface area contributed by atoms with Crippen molar-refractivity contribution in [2.45, 2.75) is 198 Å². The minimum Gasteiger partial charge on any atom is -0.508 e. The van der Waals surface area contributed by atoms with E-state index < -0.39 is 305 Å². The lowest BCUT2D eigenvalue weighted by atomic mass is 9.89. The first-order valence-electron chi connectivity index (χ1n) is 39.8. The van der Waals surface area contributed by atoms with Crippen molar-refractivity contribution in [3.8, 4) is 62.9 Å². The van der Waals surface area contributed by atoms with E-state index in [0.29, 0.717) is 5.56 Å². The number of hydrogen-bond acceptors (Lipinski definition) is 34. The van der Waals surface area contributed by atoms with Crippen molar-refractivity contribution in [3.05, 3.63) is 183 Å². The van der Waals surface area contributed by atoms with Gasteiger partial charge < -0.3 is 172 Å². The van der Waals surface area contributed by atoms with Crippen LogP contribution in [-0.2, 0) is 73.1 Å². The number of halogens is 1. The monoisotopic (exact) mass is 1780 g/mol. The van der Waals surface area contributed by atoms with Gasteiger partial charge in [-0.3, -0.25) is 28.8 Å². The van der Waals surface area contributed by atoms with Crippen molar-refractivity contribution >= 4 is 53.0 Å².